The Bertz CT molecular complexity index is 804. The van der Waals surface area contributed by atoms with Crippen molar-refractivity contribution in [3.05, 3.63) is 24.0 Å². The number of ether oxygens (including phenoxy) is 2. The number of carbonyl (C=O) groups excluding carboxylic acids is 1. The molecule has 0 aliphatic carbocycles. The van der Waals surface area contributed by atoms with Gasteiger partial charge >= 0.3 is 0 Å². The van der Waals surface area contributed by atoms with Crippen molar-refractivity contribution in [1.82, 2.24) is 9.55 Å². The van der Waals surface area contributed by atoms with Gasteiger partial charge in [-0.05, 0) is 57.2 Å². The first-order valence-electron chi connectivity index (χ1n) is 9.71. The van der Waals surface area contributed by atoms with Gasteiger partial charge in [-0.1, -0.05) is 0 Å². The fraction of sp³-hybridized carbons (Fsp3) is 0.619. The monoisotopic (exact) mass is 373 g/mol. The molecule has 2 aromatic rings. The van der Waals surface area contributed by atoms with E-state index in [1.807, 2.05) is 26.0 Å². The van der Waals surface area contributed by atoms with Crippen LogP contribution in [0.5, 0.6) is 0 Å². The highest BCUT2D eigenvalue weighted by atomic mass is 16.5. The van der Waals surface area contributed by atoms with Crippen molar-refractivity contribution in [2.24, 2.45) is 5.92 Å². The summed E-state index contributed by atoms with van der Waals surface area (Å²) >= 11 is 0. The molecule has 1 aliphatic heterocycles. The van der Waals surface area contributed by atoms with Crippen molar-refractivity contribution < 1.29 is 14.3 Å². The highest BCUT2D eigenvalue weighted by Crippen LogP contribution is 2.31. The van der Waals surface area contributed by atoms with Crippen LogP contribution in [-0.4, -0.2) is 42.8 Å². The van der Waals surface area contributed by atoms with Crippen LogP contribution in [0, 0.1) is 5.92 Å². The molecule has 148 valence electrons. The number of carbonyl (C=O) groups is 1. The van der Waals surface area contributed by atoms with Crippen LogP contribution < -0.4 is 4.90 Å². The Labute approximate surface area is 161 Å². The highest BCUT2D eigenvalue weighted by Gasteiger charge is 2.29. The lowest BCUT2D eigenvalue weighted by Crippen LogP contribution is -2.26. The number of methoxy groups -OCH3 is 1. The zero-order valence-corrected chi connectivity index (χ0v) is 17.1. The number of rotatable bonds is 5. The molecule has 3 rings (SSSR count). The lowest BCUT2D eigenvalue weighted by molar-refractivity contribution is -0.116. The number of amides is 1. The van der Waals surface area contributed by atoms with E-state index in [0.29, 0.717) is 5.92 Å². The van der Waals surface area contributed by atoms with Gasteiger partial charge in [-0.2, -0.15) is 0 Å². The molecule has 1 aromatic heterocycles. The van der Waals surface area contributed by atoms with Crippen LogP contribution in [-0.2, 0) is 26.4 Å². The summed E-state index contributed by atoms with van der Waals surface area (Å²) in [5.41, 5.74) is 2.34. The van der Waals surface area contributed by atoms with Crippen LogP contribution >= 0.6 is 0 Å². The predicted molar refractivity (Wildman–Crippen MR) is 107 cm³/mol. The molecule has 27 heavy (non-hydrogen) atoms. The number of fused-ring (bicyclic) bond motifs is 1. The van der Waals surface area contributed by atoms with Gasteiger partial charge < -0.3 is 18.9 Å². The van der Waals surface area contributed by atoms with E-state index >= 15 is 0 Å². The van der Waals surface area contributed by atoms with Crippen LogP contribution in [0.3, 0.4) is 0 Å². The molecule has 1 aliphatic rings. The zero-order valence-electron chi connectivity index (χ0n) is 17.1. The third-order valence-electron chi connectivity index (χ3n) is 5.65. The van der Waals surface area contributed by atoms with Crippen molar-refractivity contribution in [2.45, 2.75) is 52.2 Å². The molecular formula is C21H31N3O3. The van der Waals surface area contributed by atoms with Crippen LogP contribution in [0.1, 0.15) is 45.9 Å². The first kappa shape index (κ1) is 19.8. The van der Waals surface area contributed by atoms with Crippen LogP contribution in [0.2, 0.25) is 0 Å². The number of aromatic nitrogens is 2. The van der Waals surface area contributed by atoms with Gasteiger partial charge in [0, 0.05) is 46.5 Å². The van der Waals surface area contributed by atoms with Gasteiger partial charge in [0.2, 0.25) is 5.91 Å². The zero-order chi connectivity index (χ0) is 19.6. The molecule has 1 fully saturated rings. The number of imidazole rings is 1. The van der Waals surface area contributed by atoms with E-state index < -0.39 is 5.60 Å². The van der Waals surface area contributed by atoms with Crippen LogP contribution in [0.25, 0.3) is 11.0 Å². The van der Waals surface area contributed by atoms with Crippen LogP contribution in [0.15, 0.2) is 18.2 Å². The average molecular weight is 373 g/mol. The summed E-state index contributed by atoms with van der Waals surface area (Å²) in [6.07, 6.45) is 3.34. The van der Waals surface area contributed by atoms with Gasteiger partial charge in [-0.3, -0.25) is 4.79 Å². The summed E-state index contributed by atoms with van der Waals surface area (Å²) in [7, 11) is 3.50. The Balaban J connectivity index is 2.05. The summed E-state index contributed by atoms with van der Waals surface area (Å²) in [5, 5.41) is 0. The lowest BCUT2D eigenvalue weighted by Gasteiger charge is -2.25. The lowest BCUT2D eigenvalue weighted by atomic mass is 10.00. The van der Waals surface area contributed by atoms with Gasteiger partial charge in [0.15, 0.2) is 0 Å². The minimum Gasteiger partial charge on any atom is -0.381 e. The van der Waals surface area contributed by atoms with Gasteiger partial charge in [-0.25, -0.2) is 4.98 Å². The Hall–Kier alpha value is -1.92. The minimum absolute atomic E-state index is 0.00434. The summed E-state index contributed by atoms with van der Waals surface area (Å²) in [4.78, 5) is 18.3. The second-order valence-electron chi connectivity index (χ2n) is 7.92. The molecule has 1 unspecified atom stereocenters. The summed E-state index contributed by atoms with van der Waals surface area (Å²) in [6, 6.07) is 6.04. The summed E-state index contributed by atoms with van der Waals surface area (Å²) in [5.74, 6) is 1.49. The highest BCUT2D eigenvalue weighted by molar-refractivity contribution is 5.93. The molecule has 6 heteroatoms. The van der Waals surface area contributed by atoms with Crippen LogP contribution in [0.4, 0.5) is 5.69 Å². The Morgan fingerprint density at radius 3 is 2.85 bits per heavy atom. The van der Waals surface area contributed by atoms with Crippen molar-refractivity contribution in [3.8, 4) is 0 Å². The average Bonchev–Trinajstić information content (AvgIpc) is 2.82. The first-order valence-corrected chi connectivity index (χ1v) is 9.71. The molecule has 0 bridgehead atoms. The quantitative estimate of drug-likeness (QED) is 0.802. The van der Waals surface area contributed by atoms with E-state index in [1.54, 1.807) is 26.0 Å². The summed E-state index contributed by atoms with van der Waals surface area (Å²) < 4.78 is 13.7. The molecular weight excluding hydrogens is 342 g/mol. The topological polar surface area (TPSA) is 56.6 Å². The third kappa shape index (κ3) is 4.17. The van der Waals surface area contributed by atoms with E-state index in [2.05, 4.69) is 10.6 Å². The SMILES string of the molecule is COC(C)(C)c1nc2cc(N(C)C(C)=O)ccc2n1CC1CCCOCC1. The first-order chi connectivity index (χ1) is 12.8. The second kappa shape index (κ2) is 7.98. The molecule has 0 saturated carbocycles. The molecule has 6 nitrogen and oxygen atoms in total. The minimum atomic E-state index is -0.493. The summed E-state index contributed by atoms with van der Waals surface area (Å²) in [6.45, 7) is 8.25. The largest absolute Gasteiger partial charge is 0.381 e. The molecule has 1 aromatic carbocycles. The predicted octanol–water partition coefficient (Wildman–Crippen LogP) is 3.72. The van der Waals surface area contributed by atoms with E-state index in [1.165, 1.54) is 0 Å². The van der Waals surface area contributed by atoms with E-state index in [0.717, 1.165) is 61.6 Å². The Morgan fingerprint density at radius 2 is 2.15 bits per heavy atom. The van der Waals surface area contributed by atoms with E-state index in [9.17, 15) is 4.79 Å². The number of anilines is 1. The Kier molecular flexibility index (Phi) is 5.86. The molecule has 2 heterocycles. The number of hydrogen-bond donors (Lipinski definition) is 0. The molecule has 0 spiro atoms. The van der Waals surface area contributed by atoms with Crippen molar-refractivity contribution in [1.29, 1.82) is 0 Å². The Morgan fingerprint density at radius 1 is 1.37 bits per heavy atom. The van der Waals surface area contributed by atoms with Gasteiger partial charge in [-0.15, -0.1) is 0 Å². The fourth-order valence-corrected chi connectivity index (χ4v) is 3.66. The van der Waals surface area contributed by atoms with Crippen molar-refractivity contribution in [3.63, 3.8) is 0 Å². The number of hydrogen-bond acceptors (Lipinski definition) is 4. The second-order valence-corrected chi connectivity index (χ2v) is 7.92. The fourth-order valence-electron chi connectivity index (χ4n) is 3.66. The van der Waals surface area contributed by atoms with Gasteiger partial charge in [0.1, 0.15) is 11.4 Å². The number of benzene rings is 1. The normalized spacial score (nSPS) is 18.5. The van der Waals surface area contributed by atoms with E-state index in [-0.39, 0.29) is 5.91 Å². The molecule has 1 amide bonds. The molecule has 0 N–H and O–H groups in total. The number of nitrogens with zero attached hydrogens (tertiary/aromatic N) is 3. The maximum Gasteiger partial charge on any atom is 0.223 e. The maximum atomic E-state index is 11.7. The molecule has 1 atom stereocenters. The molecule has 0 radical (unpaired) electrons. The standard InChI is InChI=1S/C21H31N3O3/c1-15(25)23(4)17-8-9-19-18(13-17)22-20(21(2,3)26-5)24(19)14-16-7-6-11-27-12-10-16/h8-9,13,16H,6-7,10-12,14H2,1-5H3. The smallest absolute Gasteiger partial charge is 0.223 e. The van der Waals surface area contributed by atoms with E-state index in [4.69, 9.17) is 14.5 Å². The third-order valence-corrected chi connectivity index (χ3v) is 5.65. The molecule has 1 saturated heterocycles. The van der Waals surface area contributed by atoms with Gasteiger partial charge in [0.25, 0.3) is 0 Å². The maximum absolute atomic E-state index is 11.7. The van der Waals surface area contributed by atoms with Crippen molar-refractivity contribution in [2.75, 3.05) is 32.3 Å². The van der Waals surface area contributed by atoms with Gasteiger partial charge in [0.05, 0.1) is 11.0 Å². The van der Waals surface area contributed by atoms with Crippen molar-refractivity contribution >= 4 is 22.6 Å².